The van der Waals surface area contributed by atoms with E-state index in [1.54, 1.807) is 6.07 Å². The van der Waals surface area contributed by atoms with Gasteiger partial charge >= 0.3 is 6.61 Å². The molecule has 2 heterocycles. The SMILES string of the molecule is FC(F)Oc1ccc(CNc2ncc(Cl)cn2)nc1. The molecule has 2 aromatic rings. The highest BCUT2D eigenvalue weighted by Gasteiger charge is 2.04. The van der Waals surface area contributed by atoms with Crippen molar-refractivity contribution in [2.45, 2.75) is 13.2 Å². The van der Waals surface area contributed by atoms with Gasteiger partial charge in [-0.3, -0.25) is 4.98 Å². The molecule has 0 bridgehead atoms. The van der Waals surface area contributed by atoms with Crippen LogP contribution in [0.3, 0.4) is 0 Å². The first kappa shape index (κ1) is 13.4. The summed E-state index contributed by atoms with van der Waals surface area (Å²) in [6, 6.07) is 2.99. The van der Waals surface area contributed by atoms with Crippen LogP contribution < -0.4 is 10.1 Å². The van der Waals surface area contributed by atoms with E-state index in [0.29, 0.717) is 23.2 Å². The maximum absolute atomic E-state index is 11.9. The molecule has 0 radical (unpaired) electrons. The quantitative estimate of drug-likeness (QED) is 0.916. The number of alkyl halides is 2. The number of halogens is 3. The number of aromatic nitrogens is 3. The van der Waals surface area contributed by atoms with E-state index in [2.05, 4.69) is 25.0 Å². The minimum absolute atomic E-state index is 0.0153. The zero-order valence-corrected chi connectivity index (χ0v) is 10.3. The van der Waals surface area contributed by atoms with E-state index in [1.165, 1.54) is 24.7 Å². The summed E-state index contributed by atoms with van der Waals surface area (Å²) in [4.78, 5) is 11.9. The maximum Gasteiger partial charge on any atom is 0.387 e. The van der Waals surface area contributed by atoms with Gasteiger partial charge in [0, 0.05) is 0 Å². The van der Waals surface area contributed by atoms with Crippen molar-refractivity contribution < 1.29 is 13.5 Å². The molecular weight excluding hydrogens is 278 g/mol. The van der Waals surface area contributed by atoms with Crippen LogP contribution in [0.15, 0.2) is 30.7 Å². The molecule has 0 spiro atoms. The lowest BCUT2D eigenvalue weighted by Crippen LogP contribution is -2.06. The van der Waals surface area contributed by atoms with Crippen LogP contribution in [0.5, 0.6) is 5.75 Å². The molecule has 8 heteroatoms. The summed E-state index contributed by atoms with van der Waals surface area (Å²) in [5.74, 6) is 0.417. The Kier molecular flexibility index (Phi) is 4.40. The molecule has 2 aromatic heterocycles. The van der Waals surface area contributed by atoms with Crippen LogP contribution >= 0.6 is 11.6 Å². The van der Waals surface area contributed by atoms with Gasteiger partial charge in [-0.15, -0.1) is 0 Å². The second-order valence-electron chi connectivity index (χ2n) is 3.44. The van der Waals surface area contributed by atoms with E-state index < -0.39 is 6.61 Å². The molecule has 0 fully saturated rings. The third kappa shape index (κ3) is 4.29. The second kappa shape index (κ2) is 6.24. The van der Waals surface area contributed by atoms with Crippen molar-refractivity contribution >= 4 is 17.5 Å². The molecule has 0 amide bonds. The number of hydrogen-bond donors (Lipinski definition) is 1. The Bertz CT molecular complexity index is 521. The molecule has 2 rings (SSSR count). The minimum Gasteiger partial charge on any atom is -0.433 e. The molecule has 0 aliphatic carbocycles. The van der Waals surface area contributed by atoms with E-state index in [4.69, 9.17) is 11.6 Å². The van der Waals surface area contributed by atoms with Crippen LogP contribution in [-0.2, 0) is 6.54 Å². The van der Waals surface area contributed by atoms with Gasteiger partial charge in [0.05, 0.1) is 35.9 Å². The fourth-order valence-electron chi connectivity index (χ4n) is 1.26. The molecule has 19 heavy (non-hydrogen) atoms. The van der Waals surface area contributed by atoms with Gasteiger partial charge in [0.1, 0.15) is 5.75 Å². The summed E-state index contributed by atoms with van der Waals surface area (Å²) in [6.07, 6.45) is 4.15. The van der Waals surface area contributed by atoms with E-state index in [1.807, 2.05) is 0 Å². The Balaban J connectivity index is 1.91. The van der Waals surface area contributed by atoms with Gasteiger partial charge in [-0.1, -0.05) is 11.6 Å². The highest BCUT2D eigenvalue weighted by Crippen LogP contribution is 2.13. The van der Waals surface area contributed by atoms with Crippen molar-refractivity contribution in [3.8, 4) is 5.75 Å². The number of nitrogens with one attached hydrogen (secondary N) is 1. The molecule has 0 saturated heterocycles. The Hall–Kier alpha value is -2.02. The average Bonchev–Trinajstić information content (AvgIpc) is 2.39. The Morgan fingerprint density at radius 3 is 2.47 bits per heavy atom. The fourth-order valence-corrected chi connectivity index (χ4v) is 1.36. The third-order valence-corrected chi connectivity index (χ3v) is 2.27. The molecular formula is C11H9ClF2N4O. The first-order valence-electron chi connectivity index (χ1n) is 5.24. The Morgan fingerprint density at radius 1 is 1.16 bits per heavy atom. The van der Waals surface area contributed by atoms with E-state index in [0.717, 1.165) is 0 Å². The van der Waals surface area contributed by atoms with Crippen molar-refractivity contribution in [3.63, 3.8) is 0 Å². The summed E-state index contributed by atoms with van der Waals surface area (Å²) in [7, 11) is 0. The number of rotatable bonds is 5. The highest BCUT2D eigenvalue weighted by molar-refractivity contribution is 6.30. The van der Waals surface area contributed by atoms with Crippen LogP contribution in [0.4, 0.5) is 14.7 Å². The number of anilines is 1. The zero-order valence-electron chi connectivity index (χ0n) is 9.55. The smallest absolute Gasteiger partial charge is 0.387 e. The summed E-state index contributed by atoms with van der Waals surface area (Å²) in [5.41, 5.74) is 0.639. The van der Waals surface area contributed by atoms with E-state index in [-0.39, 0.29) is 5.75 Å². The normalized spacial score (nSPS) is 10.5. The standard InChI is InChI=1S/C11H9ClF2N4O/c12-7-3-16-11(17-4-7)18-5-8-1-2-9(6-15-8)19-10(13)14/h1-4,6,10H,5H2,(H,16,17,18). The van der Waals surface area contributed by atoms with Crippen molar-refractivity contribution in [3.05, 3.63) is 41.4 Å². The molecule has 0 aliphatic rings. The third-order valence-electron chi connectivity index (χ3n) is 2.07. The van der Waals surface area contributed by atoms with Gasteiger partial charge in [0.15, 0.2) is 0 Å². The van der Waals surface area contributed by atoms with Crippen molar-refractivity contribution in [1.29, 1.82) is 0 Å². The first-order valence-corrected chi connectivity index (χ1v) is 5.62. The predicted molar refractivity (Wildman–Crippen MR) is 65.2 cm³/mol. The Morgan fingerprint density at radius 2 is 1.89 bits per heavy atom. The van der Waals surface area contributed by atoms with Gasteiger partial charge in [-0.25, -0.2) is 9.97 Å². The fraction of sp³-hybridized carbons (Fsp3) is 0.182. The summed E-state index contributed by atoms with van der Waals surface area (Å²) >= 11 is 5.65. The van der Waals surface area contributed by atoms with Gasteiger partial charge in [0.2, 0.25) is 5.95 Å². The minimum atomic E-state index is -2.85. The van der Waals surface area contributed by atoms with E-state index >= 15 is 0 Å². The van der Waals surface area contributed by atoms with Crippen molar-refractivity contribution in [2.75, 3.05) is 5.32 Å². The molecule has 5 nitrogen and oxygen atoms in total. The first-order chi connectivity index (χ1) is 9.13. The number of nitrogens with zero attached hydrogens (tertiary/aromatic N) is 3. The highest BCUT2D eigenvalue weighted by atomic mass is 35.5. The predicted octanol–water partition coefficient (Wildman–Crippen LogP) is 2.74. The lowest BCUT2D eigenvalue weighted by molar-refractivity contribution is -0.0500. The molecule has 0 saturated carbocycles. The zero-order chi connectivity index (χ0) is 13.7. The molecule has 0 aromatic carbocycles. The monoisotopic (exact) mass is 286 g/mol. The molecule has 0 atom stereocenters. The van der Waals surface area contributed by atoms with Crippen LogP contribution in [-0.4, -0.2) is 21.6 Å². The largest absolute Gasteiger partial charge is 0.433 e. The number of ether oxygens (including phenoxy) is 1. The van der Waals surface area contributed by atoms with Crippen LogP contribution in [0, 0.1) is 0 Å². The van der Waals surface area contributed by atoms with Gasteiger partial charge < -0.3 is 10.1 Å². The van der Waals surface area contributed by atoms with Gasteiger partial charge in [-0.05, 0) is 12.1 Å². The van der Waals surface area contributed by atoms with Crippen molar-refractivity contribution in [2.24, 2.45) is 0 Å². The molecule has 1 N–H and O–H groups in total. The average molecular weight is 287 g/mol. The number of hydrogen-bond acceptors (Lipinski definition) is 5. The second-order valence-corrected chi connectivity index (χ2v) is 3.88. The molecule has 100 valence electrons. The lowest BCUT2D eigenvalue weighted by atomic mass is 10.3. The topological polar surface area (TPSA) is 59.9 Å². The Labute approximate surface area is 112 Å². The molecule has 0 aliphatic heterocycles. The van der Waals surface area contributed by atoms with E-state index in [9.17, 15) is 8.78 Å². The summed E-state index contributed by atoms with van der Waals surface area (Å²) in [5, 5.41) is 3.36. The summed E-state index contributed by atoms with van der Waals surface area (Å²) < 4.78 is 28.1. The van der Waals surface area contributed by atoms with Crippen LogP contribution in [0.1, 0.15) is 5.69 Å². The van der Waals surface area contributed by atoms with Crippen molar-refractivity contribution in [1.82, 2.24) is 15.0 Å². The van der Waals surface area contributed by atoms with Crippen LogP contribution in [0.25, 0.3) is 0 Å². The van der Waals surface area contributed by atoms with Crippen LogP contribution in [0.2, 0.25) is 5.02 Å². The van der Waals surface area contributed by atoms with Gasteiger partial charge in [0.25, 0.3) is 0 Å². The maximum atomic E-state index is 11.9. The lowest BCUT2D eigenvalue weighted by Gasteiger charge is -2.06. The summed E-state index contributed by atoms with van der Waals surface area (Å²) in [6.45, 7) is -2.50. The van der Waals surface area contributed by atoms with Gasteiger partial charge in [-0.2, -0.15) is 8.78 Å². The molecule has 0 unspecified atom stereocenters. The number of pyridine rings is 1.